The van der Waals surface area contributed by atoms with Crippen molar-refractivity contribution in [3.05, 3.63) is 71.4 Å². The topological polar surface area (TPSA) is 91.0 Å². The number of carbonyl (C=O) groups excluding carboxylic acids is 3. The number of carbonyl (C=O) groups is 3. The molecule has 38 heavy (non-hydrogen) atoms. The molecule has 2 aromatic carbocycles. The minimum Gasteiger partial charge on any atom is -0.457 e. The van der Waals surface area contributed by atoms with E-state index >= 15 is 0 Å². The molecule has 0 aromatic heterocycles. The highest BCUT2D eigenvalue weighted by molar-refractivity contribution is 6.03. The highest BCUT2D eigenvalue weighted by Crippen LogP contribution is 2.38. The van der Waals surface area contributed by atoms with E-state index in [9.17, 15) is 14.4 Å². The molecule has 0 bridgehead atoms. The Bertz CT molecular complexity index is 1210. The van der Waals surface area contributed by atoms with E-state index < -0.39 is 12.1 Å². The van der Waals surface area contributed by atoms with Crippen LogP contribution in [0, 0.1) is 11.8 Å². The molecule has 8 nitrogen and oxygen atoms in total. The van der Waals surface area contributed by atoms with E-state index in [1.54, 1.807) is 9.80 Å². The van der Waals surface area contributed by atoms with Crippen LogP contribution in [0.5, 0.6) is 11.5 Å². The lowest BCUT2D eigenvalue weighted by Gasteiger charge is -2.33. The maximum atomic E-state index is 14.0. The number of para-hydroxylation sites is 1. The molecule has 2 aliphatic rings. The van der Waals surface area contributed by atoms with Crippen LogP contribution in [-0.2, 0) is 9.59 Å². The Balaban J connectivity index is 1.64. The standard InChI is InChI=1S/C30H38N4O4/c1-6-33-24-18-34(27(20(4)5)28(35)31-16-15-19(2)3)29(36)25(24)26(32-30(33)37)21-11-10-14-23(17-21)38-22-12-8-7-9-13-22/h7-14,17,19-20,26-27H,6,15-16,18H2,1-5H3,(H,31,35)(H,32,37)/t26-,27+/m0/s1. The van der Waals surface area contributed by atoms with Crippen LogP contribution in [0.4, 0.5) is 4.79 Å². The molecule has 0 radical (unpaired) electrons. The average molecular weight is 519 g/mol. The van der Waals surface area contributed by atoms with Crippen molar-refractivity contribution < 1.29 is 19.1 Å². The zero-order valence-corrected chi connectivity index (χ0v) is 22.9. The van der Waals surface area contributed by atoms with Gasteiger partial charge in [0.2, 0.25) is 5.91 Å². The molecule has 0 fully saturated rings. The van der Waals surface area contributed by atoms with Gasteiger partial charge in [-0.15, -0.1) is 0 Å². The van der Waals surface area contributed by atoms with Gasteiger partial charge >= 0.3 is 6.03 Å². The van der Waals surface area contributed by atoms with E-state index in [2.05, 4.69) is 24.5 Å². The molecular formula is C30H38N4O4. The third kappa shape index (κ3) is 5.69. The normalized spacial score (nSPS) is 18.1. The molecule has 0 saturated heterocycles. The fourth-order valence-corrected chi connectivity index (χ4v) is 5.10. The van der Waals surface area contributed by atoms with Crippen molar-refractivity contribution in [2.24, 2.45) is 11.8 Å². The Labute approximate surface area is 225 Å². The molecule has 0 spiro atoms. The van der Waals surface area contributed by atoms with Gasteiger partial charge in [0, 0.05) is 13.1 Å². The third-order valence-electron chi connectivity index (χ3n) is 6.99. The van der Waals surface area contributed by atoms with Gasteiger partial charge in [0.15, 0.2) is 0 Å². The van der Waals surface area contributed by atoms with Gasteiger partial charge in [0.05, 0.1) is 23.9 Å². The van der Waals surface area contributed by atoms with Crippen LogP contribution in [0.2, 0.25) is 0 Å². The van der Waals surface area contributed by atoms with Gasteiger partial charge in [0.25, 0.3) is 5.91 Å². The summed E-state index contributed by atoms with van der Waals surface area (Å²) < 4.78 is 6.01. The minimum absolute atomic E-state index is 0.0980. The molecule has 4 rings (SSSR count). The summed E-state index contributed by atoms with van der Waals surface area (Å²) in [6.07, 6.45) is 0.866. The fraction of sp³-hybridized carbons (Fsp3) is 0.433. The lowest BCUT2D eigenvalue weighted by atomic mass is 9.95. The second-order valence-electron chi connectivity index (χ2n) is 10.6. The Morgan fingerprint density at radius 2 is 1.76 bits per heavy atom. The summed E-state index contributed by atoms with van der Waals surface area (Å²) in [5, 5.41) is 6.03. The average Bonchev–Trinajstić information content (AvgIpc) is 3.20. The predicted octanol–water partition coefficient (Wildman–Crippen LogP) is 4.85. The Kier molecular flexibility index (Phi) is 8.39. The van der Waals surface area contributed by atoms with Crippen LogP contribution >= 0.6 is 0 Å². The van der Waals surface area contributed by atoms with Gasteiger partial charge in [-0.3, -0.25) is 14.5 Å². The number of urea groups is 1. The molecule has 2 heterocycles. The highest BCUT2D eigenvalue weighted by Gasteiger charge is 2.47. The summed E-state index contributed by atoms with van der Waals surface area (Å²) >= 11 is 0. The van der Waals surface area contributed by atoms with Crippen molar-refractivity contribution in [3.8, 4) is 11.5 Å². The second-order valence-corrected chi connectivity index (χ2v) is 10.6. The highest BCUT2D eigenvalue weighted by atomic mass is 16.5. The maximum absolute atomic E-state index is 14.0. The van der Waals surface area contributed by atoms with Gasteiger partial charge in [-0.05, 0) is 55.0 Å². The van der Waals surface area contributed by atoms with E-state index in [1.165, 1.54) is 0 Å². The number of nitrogens with one attached hydrogen (secondary N) is 2. The first kappa shape index (κ1) is 27.2. The SMILES string of the molecule is CCN1C(=O)N[C@@H](c2cccc(Oc3ccccc3)c2)C2=C1CN([C@@H](C(=O)NCCC(C)C)C(C)C)C2=O. The predicted molar refractivity (Wildman–Crippen MR) is 146 cm³/mol. The number of benzene rings is 2. The lowest BCUT2D eigenvalue weighted by molar-refractivity contribution is -0.138. The van der Waals surface area contributed by atoms with Crippen molar-refractivity contribution in [2.75, 3.05) is 19.6 Å². The number of rotatable bonds is 10. The summed E-state index contributed by atoms with van der Waals surface area (Å²) in [4.78, 5) is 43.6. The van der Waals surface area contributed by atoms with Crippen molar-refractivity contribution in [2.45, 2.75) is 53.1 Å². The molecule has 2 N–H and O–H groups in total. The van der Waals surface area contributed by atoms with Crippen LogP contribution in [0.15, 0.2) is 65.9 Å². The number of nitrogens with zero attached hydrogens (tertiary/aromatic N) is 2. The van der Waals surface area contributed by atoms with E-state index in [0.29, 0.717) is 41.8 Å². The first-order valence-corrected chi connectivity index (χ1v) is 13.4. The lowest BCUT2D eigenvalue weighted by Crippen LogP contribution is -2.51. The smallest absolute Gasteiger partial charge is 0.322 e. The fourth-order valence-electron chi connectivity index (χ4n) is 5.10. The maximum Gasteiger partial charge on any atom is 0.322 e. The molecule has 202 valence electrons. The number of ether oxygens (including phenoxy) is 1. The molecule has 0 saturated carbocycles. The van der Waals surface area contributed by atoms with Gasteiger partial charge in [-0.25, -0.2) is 4.79 Å². The van der Waals surface area contributed by atoms with E-state index in [0.717, 1.165) is 12.0 Å². The number of hydrogen-bond acceptors (Lipinski definition) is 4. The van der Waals surface area contributed by atoms with Crippen LogP contribution in [0.1, 0.15) is 52.6 Å². The van der Waals surface area contributed by atoms with Gasteiger partial charge < -0.3 is 20.3 Å². The van der Waals surface area contributed by atoms with Crippen molar-refractivity contribution in [1.82, 2.24) is 20.4 Å². The number of amides is 4. The minimum atomic E-state index is -0.645. The van der Waals surface area contributed by atoms with E-state index in [1.807, 2.05) is 75.4 Å². The van der Waals surface area contributed by atoms with Crippen LogP contribution in [0.25, 0.3) is 0 Å². The van der Waals surface area contributed by atoms with Crippen molar-refractivity contribution >= 4 is 17.8 Å². The van der Waals surface area contributed by atoms with Gasteiger partial charge in [-0.2, -0.15) is 0 Å². The van der Waals surface area contributed by atoms with Crippen molar-refractivity contribution in [3.63, 3.8) is 0 Å². The molecule has 0 aliphatic carbocycles. The quantitative estimate of drug-likeness (QED) is 0.471. The molecule has 2 atom stereocenters. The summed E-state index contributed by atoms with van der Waals surface area (Å²) in [6, 6.07) is 15.3. The Morgan fingerprint density at radius 1 is 1.05 bits per heavy atom. The summed E-state index contributed by atoms with van der Waals surface area (Å²) in [5.41, 5.74) is 1.90. The summed E-state index contributed by atoms with van der Waals surface area (Å²) in [5.74, 6) is 1.28. The number of likely N-dealkylation sites (N-methyl/N-ethyl adjacent to an activating group) is 1. The Hall–Kier alpha value is -3.81. The number of hydrogen-bond donors (Lipinski definition) is 2. The van der Waals surface area contributed by atoms with E-state index in [-0.39, 0.29) is 30.3 Å². The molecule has 0 unspecified atom stereocenters. The molecule has 2 aromatic rings. The summed E-state index contributed by atoms with van der Waals surface area (Å²) in [7, 11) is 0. The third-order valence-corrected chi connectivity index (χ3v) is 6.99. The molecule has 4 amide bonds. The Morgan fingerprint density at radius 3 is 2.42 bits per heavy atom. The first-order valence-electron chi connectivity index (χ1n) is 13.4. The van der Waals surface area contributed by atoms with Crippen LogP contribution in [-0.4, -0.2) is 53.3 Å². The van der Waals surface area contributed by atoms with Crippen LogP contribution in [0.3, 0.4) is 0 Å². The zero-order chi connectivity index (χ0) is 27.4. The van der Waals surface area contributed by atoms with Gasteiger partial charge in [0.1, 0.15) is 17.5 Å². The first-order chi connectivity index (χ1) is 18.2. The van der Waals surface area contributed by atoms with Crippen molar-refractivity contribution in [1.29, 1.82) is 0 Å². The van der Waals surface area contributed by atoms with E-state index in [4.69, 9.17) is 4.74 Å². The van der Waals surface area contributed by atoms with Crippen LogP contribution < -0.4 is 15.4 Å². The monoisotopic (exact) mass is 518 g/mol. The summed E-state index contributed by atoms with van der Waals surface area (Å²) in [6.45, 7) is 11.2. The zero-order valence-electron chi connectivity index (χ0n) is 22.9. The molecule has 2 aliphatic heterocycles. The largest absolute Gasteiger partial charge is 0.457 e. The molecule has 8 heteroatoms. The molecular weight excluding hydrogens is 480 g/mol. The van der Waals surface area contributed by atoms with Gasteiger partial charge in [-0.1, -0.05) is 58.0 Å². The second kappa shape index (κ2) is 11.7.